The lowest BCUT2D eigenvalue weighted by Crippen LogP contribution is -2.08. The molecule has 4 aromatic rings. The van der Waals surface area contributed by atoms with E-state index in [2.05, 4.69) is 38.7 Å². The van der Waals surface area contributed by atoms with Gasteiger partial charge in [-0.2, -0.15) is 5.10 Å². The maximum atomic E-state index is 5.96. The minimum atomic E-state index is 0.0895. The van der Waals surface area contributed by atoms with Crippen LogP contribution in [0.15, 0.2) is 65.8 Å². The molecule has 3 aromatic carbocycles. The summed E-state index contributed by atoms with van der Waals surface area (Å²) in [5.41, 5.74) is 5.79. The number of hydrogen-bond acceptors (Lipinski definition) is 4. The zero-order valence-corrected chi connectivity index (χ0v) is 14.7. The third kappa shape index (κ3) is 3.24. The molecule has 0 fully saturated rings. The van der Waals surface area contributed by atoms with Gasteiger partial charge in [0.15, 0.2) is 0 Å². The minimum Gasteiger partial charge on any atom is -0.490 e. The summed E-state index contributed by atoms with van der Waals surface area (Å²) in [4.78, 5) is 7.66. The maximum Gasteiger partial charge on any atom is 0.222 e. The van der Waals surface area contributed by atoms with Crippen LogP contribution in [0, 0.1) is 0 Å². The highest BCUT2D eigenvalue weighted by molar-refractivity contribution is 6.02. The quantitative estimate of drug-likeness (QED) is 0.398. The molecule has 0 bridgehead atoms. The van der Waals surface area contributed by atoms with Crippen LogP contribution in [0.4, 0.5) is 5.95 Å². The average molecular weight is 344 g/mol. The van der Waals surface area contributed by atoms with Crippen molar-refractivity contribution in [3.05, 3.63) is 66.2 Å². The summed E-state index contributed by atoms with van der Waals surface area (Å²) >= 11 is 0. The van der Waals surface area contributed by atoms with Crippen LogP contribution in [-0.2, 0) is 0 Å². The number of aromatic nitrogens is 2. The van der Waals surface area contributed by atoms with Gasteiger partial charge in [-0.25, -0.2) is 10.4 Å². The van der Waals surface area contributed by atoms with Gasteiger partial charge < -0.3 is 9.72 Å². The third-order valence-corrected chi connectivity index (χ3v) is 4.05. The summed E-state index contributed by atoms with van der Waals surface area (Å²) in [7, 11) is 0. The van der Waals surface area contributed by atoms with E-state index >= 15 is 0 Å². The van der Waals surface area contributed by atoms with Gasteiger partial charge in [0.25, 0.3) is 0 Å². The molecule has 0 aliphatic rings. The Morgan fingerprint density at radius 2 is 1.85 bits per heavy atom. The minimum absolute atomic E-state index is 0.0895. The third-order valence-electron chi connectivity index (χ3n) is 4.05. The van der Waals surface area contributed by atoms with Gasteiger partial charge in [-0.05, 0) is 42.8 Å². The second kappa shape index (κ2) is 6.88. The molecular formula is C21H20N4O. The van der Waals surface area contributed by atoms with Crippen LogP contribution in [0.3, 0.4) is 0 Å². The molecule has 0 unspecified atom stereocenters. The fourth-order valence-electron chi connectivity index (χ4n) is 2.93. The van der Waals surface area contributed by atoms with Crippen LogP contribution < -0.4 is 10.2 Å². The molecule has 5 heteroatoms. The van der Waals surface area contributed by atoms with Crippen LogP contribution in [0.1, 0.15) is 19.4 Å². The highest BCUT2D eigenvalue weighted by atomic mass is 16.5. The number of aromatic amines is 1. The predicted octanol–water partition coefficient (Wildman–Crippen LogP) is 4.95. The average Bonchev–Trinajstić information content (AvgIpc) is 3.05. The molecule has 0 spiro atoms. The van der Waals surface area contributed by atoms with E-state index in [1.807, 2.05) is 56.3 Å². The van der Waals surface area contributed by atoms with Gasteiger partial charge in [0, 0.05) is 5.56 Å². The van der Waals surface area contributed by atoms with Gasteiger partial charge in [0.2, 0.25) is 5.95 Å². The van der Waals surface area contributed by atoms with Crippen molar-refractivity contribution in [3.8, 4) is 5.75 Å². The highest BCUT2D eigenvalue weighted by Crippen LogP contribution is 2.27. The maximum absolute atomic E-state index is 5.96. The number of hydrogen-bond donors (Lipinski definition) is 2. The SMILES string of the molecule is CC(C)Oc1ccc2ccccc2c1/C=N/Nc1nc2ccccc2[nH]1. The molecule has 0 saturated heterocycles. The molecule has 26 heavy (non-hydrogen) atoms. The topological polar surface area (TPSA) is 62.3 Å². The fourth-order valence-corrected chi connectivity index (χ4v) is 2.93. The standard InChI is InChI=1S/C21H20N4O/c1-14(2)26-20-12-11-15-7-3-4-8-16(15)17(20)13-22-25-21-23-18-9-5-6-10-19(18)24-21/h3-14H,1-2H3,(H2,23,24,25)/b22-13+. The van der Waals surface area contributed by atoms with Crippen molar-refractivity contribution < 1.29 is 4.74 Å². The lowest BCUT2D eigenvalue weighted by molar-refractivity contribution is 0.242. The summed E-state index contributed by atoms with van der Waals surface area (Å²) < 4.78 is 5.96. The molecule has 0 saturated carbocycles. The number of anilines is 1. The van der Waals surface area contributed by atoms with E-state index in [0.717, 1.165) is 33.1 Å². The highest BCUT2D eigenvalue weighted by Gasteiger charge is 2.08. The molecular weight excluding hydrogens is 324 g/mol. The van der Waals surface area contributed by atoms with Crippen molar-refractivity contribution in [3.63, 3.8) is 0 Å². The molecule has 4 rings (SSSR count). The van der Waals surface area contributed by atoms with E-state index in [9.17, 15) is 0 Å². The molecule has 130 valence electrons. The second-order valence-corrected chi connectivity index (χ2v) is 6.34. The fraction of sp³-hybridized carbons (Fsp3) is 0.143. The molecule has 1 aromatic heterocycles. The Bertz CT molecular complexity index is 1050. The number of rotatable bonds is 5. The van der Waals surface area contributed by atoms with Crippen LogP contribution in [0.2, 0.25) is 0 Å². The van der Waals surface area contributed by atoms with Crippen LogP contribution in [-0.4, -0.2) is 22.3 Å². The first-order chi connectivity index (χ1) is 12.7. The Balaban J connectivity index is 1.67. The summed E-state index contributed by atoms with van der Waals surface area (Å²) in [6.07, 6.45) is 1.87. The van der Waals surface area contributed by atoms with E-state index in [1.54, 1.807) is 6.21 Å². The Morgan fingerprint density at radius 1 is 1.04 bits per heavy atom. The van der Waals surface area contributed by atoms with Gasteiger partial charge in [0.1, 0.15) is 5.75 Å². The van der Waals surface area contributed by atoms with E-state index < -0.39 is 0 Å². The van der Waals surface area contributed by atoms with Gasteiger partial charge in [0.05, 0.1) is 23.4 Å². The molecule has 5 nitrogen and oxygen atoms in total. The number of nitrogens with zero attached hydrogens (tertiary/aromatic N) is 2. The number of imidazole rings is 1. The summed E-state index contributed by atoms with van der Waals surface area (Å²) in [6, 6.07) is 20.1. The van der Waals surface area contributed by atoms with E-state index in [-0.39, 0.29) is 6.10 Å². The molecule has 1 heterocycles. The van der Waals surface area contributed by atoms with Crippen LogP contribution >= 0.6 is 0 Å². The molecule has 0 aliphatic carbocycles. The van der Waals surface area contributed by atoms with Gasteiger partial charge >= 0.3 is 0 Å². The van der Waals surface area contributed by atoms with Gasteiger partial charge in [-0.1, -0.05) is 42.5 Å². The summed E-state index contributed by atoms with van der Waals surface area (Å²) in [6.45, 7) is 4.03. The molecule has 0 aliphatic heterocycles. The Labute approximate surface area is 151 Å². The van der Waals surface area contributed by atoms with Gasteiger partial charge in [-0.15, -0.1) is 0 Å². The normalized spacial score (nSPS) is 11.7. The number of nitrogens with one attached hydrogen (secondary N) is 2. The van der Waals surface area contributed by atoms with Crippen molar-refractivity contribution in [2.45, 2.75) is 20.0 Å². The predicted molar refractivity (Wildman–Crippen MR) is 107 cm³/mol. The Kier molecular flexibility index (Phi) is 4.27. The number of benzene rings is 3. The number of para-hydroxylation sites is 2. The van der Waals surface area contributed by atoms with E-state index in [0.29, 0.717) is 5.95 Å². The monoisotopic (exact) mass is 344 g/mol. The van der Waals surface area contributed by atoms with E-state index in [1.165, 1.54) is 0 Å². The smallest absolute Gasteiger partial charge is 0.222 e. The van der Waals surface area contributed by atoms with Crippen molar-refractivity contribution in [2.75, 3.05) is 5.43 Å². The van der Waals surface area contributed by atoms with Crippen LogP contribution in [0.25, 0.3) is 21.8 Å². The Morgan fingerprint density at radius 3 is 2.69 bits per heavy atom. The first kappa shape index (κ1) is 16.1. The van der Waals surface area contributed by atoms with E-state index in [4.69, 9.17) is 4.74 Å². The lowest BCUT2D eigenvalue weighted by atomic mass is 10.0. The van der Waals surface area contributed by atoms with Crippen molar-refractivity contribution in [2.24, 2.45) is 5.10 Å². The molecule has 0 atom stereocenters. The number of H-pyrrole nitrogens is 1. The molecule has 2 N–H and O–H groups in total. The Hall–Kier alpha value is -3.34. The lowest BCUT2D eigenvalue weighted by Gasteiger charge is -2.14. The number of ether oxygens (including phenoxy) is 1. The molecule has 0 amide bonds. The van der Waals surface area contributed by atoms with Gasteiger partial charge in [-0.3, -0.25) is 0 Å². The second-order valence-electron chi connectivity index (χ2n) is 6.34. The number of hydrazone groups is 1. The zero-order chi connectivity index (χ0) is 17.9. The summed E-state index contributed by atoms with van der Waals surface area (Å²) in [5, 5.41) is 6.62. The largest absolute Gasteiger partial charge is 0.490 e. The van der Waals surface area contributed by atoms with Crippen molar-refractivity contribution in [1.82, 2.24) is 9.97 Å². The number of fused-ring (bicyclic) bond motifs is 2. The van der Waals surface area contributed by atoms with Crippen molar-refractivity contribution >= 4 is 34.0 Å². The molecule has 0 radical (unpaired) electrons. The first-order valence-electron chi connectivity index (χ1n) is 8.63. The van der Waals surface area contributed by atoms with Crippen molar-refractivity contribution in [1.29, 1.82) is 0 Å². The zero-order valence-electron chi connectivity index (χ0n) is 14.7. The van der Waals surface area contributed by atoms with Crippen LogP contribution in [0.5, 0.6) is 5.75 Å². The summed E-state index contributed by atoms with van der Waals surface area (Å²) in [5.74, 6) is 1.42. The first-order valence-corrected chi connectivity index (χ1v) is 8.63.